The van der Waals surface area contributed by atoms with E-state index in [1.807, 2.05) is 18.2 Å². The molecular weight excluding hydrogens is 268 g/mol. The topological polar surface area (TPSA) is 57.0 Å². The first kappa shape index (κ1) is 14.6. The molecule has 0 radical (unpaired) electrons. The molecule has 5 nitrogen and oxygen atoms in total. The molecule has 1 aromatic carbocycles. The van der Waals surface area contributed by atoms with Crippen molar-refractivity contribution in [2.75, 3.05) is 33.9 Å². The fraction of sp³-hybridized carbons (Fsp3) is 0.625. The van der Waals surface area contributed by atoms with Crippen molar-refractivity contribution in [2.24, 2.45) is 5.73 Å². The molecule has 5 heteroatoms. The van der Waals surface area contributed by atoms with Crippen LogP contribution in [0.3, 0.4) is 0 Å². The molecule has 0 aliphatic carbocycles. The number of nitrogens with zero attached hydrogens (tertiary/aromatic N) is 1. The zero-order valence-corrected chi connectivity index (χ0v) is 12.7. The van der Waals surface area contributed by atoms with Crippen LogP contribution in [0.1, 0.15) is 24.4 Å². The van der Waals surface area contributed by atoms with E-state index in [9.17, 15) is 0 Å². The van der Waals surface area contributed by atoms with Gasteiger partial charge in [0, 0.05) is 18.7 Å². The van der Waals surface area contributed by atoms with Gasteiger partial charge in [-0.15, -0.1) is 0 Å². The molecule has 21 heavy (non-hydrogen) atoms. The zero-order chi connectivity index (χ0) is 14.8. The molecule has 2 aliphatic heterocycles. The van der Waals surface area contributed by atoms with E-state index in [4.69, 9.17) is 19.9 Å². The summed E-state index contributed by atoms with van der Waals surface area (Å²) >= 11 is 0. The molecule has 2 saturated heterocycles. The Morgan fingerprint density at radius 1 is 1.24 bits per heavy atom. The molecule has 0 saturated carbocycles. The lowest BCUT2D eigenvalue weighted by atomic mass is 9.99. The van der Waals surface area contributed by atoms with E-state index in [0.29, 0.717) is 6.04 Å². The quantitative estimate of drug-likeness (QED) is 0.913. The van der Waals surface area contributed by atoms with Crippen molar-refractivity contribution < 1.29 is 14.2 Å². The molecule has 3 unspecified atom stereocenters. The molecular formula is C16H24N2O3. The monoisotopic (exact) mass is 292 g/mol. The Bertz CT molecular complexity index is 472. The summed E-state index contributed by atoms with van der Waals surface area (Å²) in [4.78, 5) is 2.51. The molecule has 3 rings (SSSR count). The van der Waals surface area contributed by atoms with E-state index in [1.165, 1.54) is 19.4 Å². The van der Waals surface area contributed by atoms with Crippen LogP contribution in [0, 0.1) is 0 Å². The van der Waals surface area contributed by atoms with Crippen LogP contribution >= 0.6 is 0 Å². The second-order valence-electron chi connectivity index (χ2n) is 5.83. The highest BCUT2D eigenvalue weighted by Gasteiger charge is 2.35. The lowest BCUT2D eigenvalue weighted by Crippen LogP contribution is -2.49. The number of morpholine rings is 1. The third kappa shape index (κ3) is 3.00. The molecule has 2 fully saturated rings. The molecule has 0 bridgehead atoms. The van der Waals surface area contributed by atoms with Crippen LogP contribution in [0.5, 0.6) is 11.5 Å². The standard InChI is InChI=1S/C16H24N2O3/c1-19-13-6-11(7-14(8-13)20-2)16(17)15-9-18-5-3-4-12(18)10-21-15/h6-8,12,15-16H,3-5,9-10,17H2,1-2H3. The number of rotatable bonds is 4. The van der Waals surface area contributed by atoms with Crippen molar-refractivity contribution in [3.05, 3.63) is 23.8 Å². The van der Waals surface area contributed by atoms with Crippen LogP contribution in [0.15, 0.2) is 18.2 Å². The minimum absolute atomic E-state index is 0.0242. The SMILES string of the molecule is COc1cc(OC)cc(C(N)C2CN3CCCC3CO2)c1. The maximum atomic E-state index is 6.44. The van der Waals surface area contributed by atoms with Crippen LogP contribution in [0.25, 0.3) is 0 Å². The van der Waals surface area contributed by atoms with Gasteiger partial charge < -0.3 is 19.9 Å². The van der Waals surface area contributed by atoms with Gasteiger partial charge >= 0.3 is 0 Å². The van der Waals surface area contributed by atoms with Gasteiger partial charge in [0.05, 0.1) is 33.0 Å². The number of hydrogen-bond acceptors (Lipinski definition) is 5. The van der Waals surface area contributed by atoms with E-state index < -0.39 is 0 Å². The van der Waals surface area contributed by atoms with Crippen molar-refractivity contribution >= 4 is 0 Å². The largest absolute Gasteiger partial charge is 0.497 e. The van der Waals surface area contributed by atoms with Crippen LogP contribution < -0.4 is 15.2 Å². The predicted octanol–water partition coefficient (Wildman–Crippen LogP) is 1.57. The number of methoxy groups -OCH3 is 2. The summed E-state index contributed by atoms with van der Waals surface area (Å²) in [5.74, 6) is 1.52. The molecule has 2 aliphatic rings. The van der Waals surface area contributed by atoms with Gasteiger partial charge in [0.1, 0.15) is 11.5 Å². The van der Waals surface area contributed by atoms with Gasteiger partial charge in [0.2, 0.25) is 0 Å². The molecule has 0 aromatic heterocycles. The van der Waals surface area contributed by atoms with Crippen molar-refractivity contribution in [3.8, 4) is 11.5 Å². The second-order valence-corrected chi connectivity index (χ2v) is 5.83. The summed E-state index contributed by atoms with van der Waals surface area (Å²) in [5.41, 5.74) is 7.43. The van der Waals surface area contributed by atoms with Gasteiger partial charge in [0.25, 0.3) is 0 Å². The summed E-state index contributed by atoms with van der Waals surface area (Å²) in [7, 11) is 3.30. The van der Waals surface area contributed by atoms with Gasteiger partial charge in [-0.25, -0.2) is 0 Å². The number of ether oxygens (including phenoxy) is 3. The average Bonchev–Trinajstić information content (AvgIpc) is 3.01. The first-order valence-corrected chi connectivity index (χ1v) is 7.55. The van der Waals surface area contributed by atoms with Gasteiger partial charge in [-0.2, -0.15) is 0 Å². The Kier molecular flexibility index (Phi) is 4.33. The highest BCUT2D eigenvalue weighted by Crippen LogP contribution is 2.31. The number of fused-ring (bicyclic) bond motifs is 1. The predicted molar refractivity (Wildman–Crippen MR) is 80.8 cm³/mol. The van der Waals surface area contributed by atoms with Crippen molar-refractivity contribution in [3.63, 3.8) is 0 Å². The Hall–Kier alpha value is -1.30. The summed E-state index contributed by atoms with van der Waals surface area (Å²) in [6.07, 6.45) is 2.54. The Morgan fingerprint density at radius 2 is 1.95 bits per heavy atom. The van der Waals surface area contributed by atoms with E-state index in [2.05, 4.69) is 4.90 Å². The summed E-state index contributed by atoms with van der Waals surface area (Å²) in [6.45, 7) is 2.86. The van der Waals surface area contributed by atoms with Crippen LogP contribution in [0.4, 0.5) is 0 Å². The molecule has 2 N–H and O–H groups in total. The van der Waals surface area contributed by atoms with E-state index in [-0.39, 0.29) is 12.1 Å². The van der Waals surface area contributed by atoms with Crippen LogP contribution in [0.2, 0.25) is 0 Å². The molecule has 1 aromatic rings. The third-order valence-electron chi connectivity index (χ3n) is 4.58. The minimum Gasteiger partial charge on any atom is -0.497 e. The first-order chi connectivity index (χ1) is 10.2. The summed E-state index contributed by atoms with van der Waals surface area (Å²) in [6, 6.07) is 6.21. The number of hydrogen-bond donors (Lipinski definition) is 1. The van der Waals surface area contributed by atoms with E-state index >= 15 is 0 Å². The Balaban J connectivity index is 1.76. The Morgan fingerprint density at radius 3 is 2.62 bits per heavy atom. The third-order valence-corrected chi connectivity index (χ3v) is 4.58. The van der Waals surface area contributed by atoms with Crippen molar-refractivity contribution in [1.82, 2.24) is 4.90 Å². The summed E-state index contributed by atoms with van der Waals surface area (Å²) in [5, 5.41) is 0. The van der Waals surface area contributed by atoms with E-state index in [0.717, 1.165) is 30.2 Å². The lowest BCUT2D eigenvalue weighted by Gasteiger charge is -2.37. The van der Waals surface area contributed by atoms with Crippen molar-refractivity contribution in [1.29, 1.82) is 0 Å². The van der Waals surface area contributed by atoms with Crippen molar-refractivity contribution in [2.45, 2.75) is 31.0 Å². The molecule has 0 spiro atoms. The van der Waals surface area contributed by atoms with Gasteiger partial charge in [-0.3, -0.25) is 4.90 Å². The normalized spacial score (nSPS) is 27.2. The number of nitrogens with two attached hydrogens (primary N) is 1. The molecule has 2 heterocycles. The fourth-order valence-corrected chi connectivity index (χ4v) is 3.30. The van der Waals surface area contributed by atoms with Gasteiger partial charge in [-0.05, 0) is 37.1 Å². The smallest absolute Gasteiger partial charge is 0.122 e. The highest BCUT2D eigenvalue weighted by molar-refractivity contribution is 5.40. The van der Waals surface area contributed by atoms with Crippen LogP contribution in [-0.2, 0) is 4.74 Å². The maximum absolute atomic E-state index is 6.44. The second kappa shape index (κ2) is 6.22. The average molecular weight is 292 g/mol. The first-order valence-electron chi connectivity index (χ1n) is 7.55. The fourth-order valence-electron chi connectivity index (χ4n) is 3.30. The zero-order valence-electron chi connectivity index (χ0n) is 12.7. The molecule has 3 atom stereocenters. The molecule has 116 valence electrons. The lowest BCUT2D eigenvalue weighted by molar-refractivity contribution is -0.0597. The van der Waals surface area contributed by atoms with E-state index in [1.54, 1.807) is 14.2 Å². The van der Waals surface area contributed by atoms with Gasteiger partial charge in [0.15, 0.2) is 0 Å². The number of benzene rings is 1. The Labute approximate surface area is 126 Å². The summed E-state index contributed by atoms with van der Waals surface area (Å²) < 4.78 is 16.6. The van der Waals surface area contributed by atoms with Gasteiger partial charge in [-0.1, -0.05) is 0 Å². The minimum atomic E-state index is -0.171. The van der Waals surface area contributed by atoms with Crippen LogP contribution in [-0.4, -0.2) is 51.0 Å². The highest BCUT2D eigenvalue weighted by atomic mass is 16.5. The molecule has 0 amide bonds. The maximum Gasteiger partial charge on any atom is 0.122 e.